The van der Waals surface area contributed by atoms with Crippen LogP contribution in [0.4, 0.5) is 0 Å². The van der Waals surface area contributed by atoms with Crippen molar-refractivity contribution in [2.45, 2.75) is 20.3 Å². The van der Waals surface area contributed by atoms with Crippen molar-refractivity contribution in [2.75, 3.05) is 0 Å². The summed E-state index contributed by atoms with van der Waals surface area (Å²) in [5, 5.41) is 8.92. The second-order valence-corrected chi connectivity index (χ2v) is 5.32. The molecule has 0 spiro atoms. The number of rotatable bonds is 5. The molecule has 1 N–H and O–H groups in total. The first-order valence-electron chi connectivity index (χ1n) is 6.99. The van der Waals surface area contributed by atoms with Gasteiger partial charge in [0.1, 0.15) is 0 Å². The minimum absolute atomic E-state index is 0.223. The number of aromatic nitrogens is 1. The maximum atomic E-state index is 10.9. The van der Waals surface area contributed by atoms with Crippen LogP contribution in [0.2, 0.25) is 0 Å². The van der Waals surface area contributed by atoms with Crippen LogP contribution in [0.3, 0.4) is 0 Å². The Morgan fingerprint density at radius 1 is 1.10 bits per heavy atom. The molecule has 0 bridgehead atoms. The van der Waals surface area contributed by atoms with Crippen LogP contribution in [0.1, 0.15) is 19.4 Å². The summed E-state index contributed by atoms with van der Waals surface area (Å²) in [5.74, 6) is -0.659. The van der Waals surface area contributed by atoms with Crippen LogP contribution in [0.15, 0.2) is 60.4 Å². The number of carboxylic acids is 1. The van der Waals surface area contributed by atoms with Crippen molar-refractivity contribution in [3.8, 4) is 11.1 Å². The fourth-order valence-electron chi connectivity index (χ4n) is 2.18. The number of pyridine rings is 1. The lowest BCUT2D eigenvalue weighted by Crippen LogP contribution is -2.02. The maximum Gasteiger partial charge on any atom is 0.328 e. The number of nitrogens with zero attached hydrogens (tertiary/aromatic N) is 1. The van der Waals surface area contributed by atoms with Gasteiger partial charge in [0, 0.05) is 18.5 Å². The van der Waals surface area contributed by atoms with E-state index in [0.29, 0.717) is 6.42 Å². The van der Waals surface area contributed by atoms with E-state index in [1.165, 1.54) is 6.08 Å². The highest BCUT2D eigenvalue weighted by Crippen LogP contribution is 2.21. The van der Waals surface area contributed by atoms with Gasteiger partial charge in [0.05, 0.1) is 0 Å². The molecule has 0 amide bonds. The largest absolute Gasteiger partial charge is 0.478 e. The van der Waals surface area contributed by atoms with E-state index < -0.39 is 5.97 Å². The fourth-order valence-corrected chi connectivity index (χ4v) is 2.18. The van der Waals surface area contributed by atoms with Crippen molar-refractivity contribution in [2.24, 2.45) is 5.92 Å². The third kappa shape index (κ3) is 4.28. The molecule has 108 valence electrons. The van der Waals surface area contributed by atoms with Gasteiger partial charge in [-0.2, -0.15) is 0 Å². The van der Waals surface area contributed by atoms with E-state index in [1.54, 1.807) is 12.4 Å². The molecule has 21 heavy (non-hydrogen) atoms. The van der Waals surface area contributed by atoms with Crippen LogP contribution in [0.25, 0.3) is 11.1 Å². The maximum absolute atomic E-state index is 10.9. The average molecular weight is 281 g/mol. The molecular formula is C18H19NO2. The summed E-state index contributed by atoms with van der Waals surface area (Å²) in [5.41, 5.74) is 4.31. The van der Waals surface area contributed by atoms with Gasteiger partial charge >= 0.3 is 5.97 Å². The molecule has 0 unspecified atom stereocenters. The molecule has 3 heteroatoms. The molecule has 2 aromatic rings. The molecule has 0 aliphatic carbocycles. The van der Waals surface area contributed by atoms with Gasteiger partial charge in [0.15, 0.2) is 0 Å². The predicted molar refractivity (Wildman–Crippen MR) is 83.9 cm³/mol. The molecule has 3 nitrogen and oxygen atoms in total. The molecule has 1 aromatic carbocycles. The number of allylic oxidation sites excluding steroid dienone is 1. The highest BCUT2D eigenvalue weighted by molar-refractivity contribution is 5.80. The molecule has 0 aliphatic rings. The first-order chi connectivity index (χ1) is 10.1. The lowest BCUT2D eigenvalue weighted by atomic mass is 9.94. The summed E-state index contributed by atoms with van der Waals surface area (Å²) < 4.78 is 0. The van der Waals surface area contributed by atoms with Crippen LogP contribution >= 0.6 is 0 Å². The zero-order valence-corrected chi connectivity index (χ0v) is 12.3. The van der Waals surface area contributed by atoms with E-state index in [-0.39, 0.29) is 5.92 Å². The van der Waals surface area contributed by atoms with Crippen molar-refractivity contribution in [1.29, 1.82) is 0 Å². The van der Waals surface area contributed by atoms with Crippen molar-refractivity contribution in [1.82, 2.24) is 4.98 Å². The van der Waals surface area contributed by atoms with Crippen LogP contribution in [0, 0.1) is 5.92 Å². The number of hydrogen-bond donors (Lipinski definition) is 1. The molecular weight excluding hydrogens is 262 g/mol. The Hall–Kier alpha value is -2.42. The minimum atomic E-state index is -0.882. The second kappa shape index (κ2) is 6.84. The van der Waals surface area contributed by atoms with E-state index in [2.05, 4.69) is 17.1 Å². The molecule has 1 aromatic heterocycles. The van der Waals surface area contributed by atoms with Gasteiger partial charge in [-0.05, 0) is 41.2 Å². The summed E-state index contributed by atoms with van der Waals surface area (Å²) in [7, 11) is 0. The fraction of sp³-hybridized carbons (Fsp3) is 0.222. The molecule has 0 saturated heterocycles. The molecule has 2 rings (SSSR count). The van der Waals surface area contributed by atoms with Gasteiger partial charge in [-0.25, -0.2) is 4.79 Å². The van der Waals surface area contributed by atoms with Crippen LogP contribution in [0.5, 0.6) is 0 Å². The first-order valence-corrected chi connectivity index (χ1v) is 6.99. The Morgan fingerprint density at radius 2 is 1.67 bits per heavy atom. The van der Waals surface area contributed by atoms with Gasteiger partial charge in [-0.1, -0.05) is 43.7 Å². The Balaban J connectivity index is 2.17. The number of carboxylic acid groups (broad SMARTS) is 1. The summed E-state index contributed by atoms with van der Waals surface area (Å²) in [6.45, 7) is 4.03. The zero-order valence-electron chi connectivity index (χ0n) is 12.3. The summed E-state index contributed by atoms with van der Waals surface area (Å²) in [6, 6.07) is 12.2. The lowest BCUT2D eigenvalue weighted by Gasteiger charge is -2.11. The number of benzene rings is 1. The summed E-state index contributed by atoms with van der Waals surface area (Å²) in [4.78, 5) is 14.9. The molecule has 0 saturated carbocycles. The molecule has 0 fully saturated rings. The third-order valence-electron chi connectivity index (χ3n) is 3.43. The summed E-state index contributed by atoms with van der Waals surface area (Å²) in [6.07, 6.45) is 5.54. The van der Waals surface area contributed by atoms with E-state index in [4.69, 9.17) is 5.11 Å². The monoisotopic (exact) mass is 281 g/mol. The zero-order chi connectivity index (χ0) is 15.2. The van der Waals surface area contributed by atoms with Crippen molar-refractivity contribution >= 4 is 5.97 Å². The number of carbonyl (C=O) groups is 1. The highest BCUT2D eigenvalue weighted by Gasteiger charge is 2.07. The smallest absolute Gasteiger partial charge is 0.328 e. The van der Waals surface area contributed by atoms with Crippen LogP contribution in [-0.4, -0.2) is 16.1 Å². The Kier molecular flexibility index (Phi) is 4.88. The Labute approximate surface area is 125 Å². The van der Waals surface area contributed by atoms with E-state index in [9.17, 15) is 4.79 Å². The SMILES string of the molecule is CC(C)/C(=C\C(=O)O)Cc1ccc(-c2ccncc2)cc1. The lowest BCUT2D eigenvalue weighted by molar-refractivity contribution is -0.131. The topological polar surface area (TPSA) is 50.2 Å². The number of hydrogen-bond acceptors (Lipinski definition) is 2. The normalized spacial score (nSPS) is 11.7. The average Bonchev–Trinajstić information content (AvgIpc) is 2.48. The third-order valence-corrected chi connectivity index (χ3v) is 3.43. The van der Waals surface area contributed by atoms with Crippen molar-refractivity contribution < 1.29 is 9.90 Å². The predicted octanol–water partition coefficient (Wildman–Crippen LogP) is 3.96. The Bertz CT molecular complexity index is 628. The summed E-state index contributed by atoms with van der Waals surface area (Å²) >= 11 is 0. The molecule has 0 atom stereocenters. The highest BCUT2D eigenvalue weighted by atomic mass is 16.4. The standard InChI is InChI=1S/C18H19NO2/c1-13(2)17(12-18(20)21)11-14-3-5-15(6-4-14)16-7-9-19-10-8-16/h3-10,12-13H,11H2,1-2H3,(H,20,21)/b17-12-. The van der Waals surface area contributed by atoms with Crippen LogP contribution in [-0.2, 0) is 11.2 Å². The van der Waals surface area contributed by atoms with Crippen molar-refractivity contribution in [3.05, 3.63) is 66.0 Å². The van der Waals surface area contributed by atoms with E-state index in [1.807, 2.05) is 38.1 Å². The van der Waals surface area contributed by atoms with Gasteiger partial charge < -0.3 is 5.11 Å². The molecule has 0 aliphatic heterocycles. The molecule has 1 heterocycles. The number of aliphatic carboxylic acids is 1. The minimum Gasteiger partial charge on any atom is -0.478 e. The second-order valence-electron chi connectivity index (χ2n) is 5.32. The van der Waals surface area contributed by atoms with E-state index in [0.717, 1.165) is 22.3 Å². The van der Waals surface area contributed by atoms with Gasteiger partial charge in [-0.15, -0.1) is 0 Å². The van der Waals surface area contributed by atoms with Crippen LogP contribution < -0.4 is 0 Å². The van der Waals surface area contributed by atoms with Gasteiger partial charge in [0.2, 0.25) is 0 Å². The van der Waals surface area contributed by atoms with Gasteiger partial charge in [-0.3, -0.25) is 4.98 Å². The van der Waals surface area contributed by atoms with Crippen molar-refractivity contribution in [3.63, 3.8) is 0 Å². The molecule has 0 radical (unpaired) electrons. The van der Waals surface area contributed by atoms with E-state index >= 15 is 0 Å². The van der Waals surface area contributed by atoms with Gasteiger partial charge in [0.25, 0.3) is 0 Å². The first kappa shape index (κ1) is 15.0. The Morgan fingerprint density at radius 3 is 2.19 bits per heavy atom. The quantitative estimate of drug-likeness (QED) is 0.844.